The molecule has 3 aromatic carbocycles. The Bertz CT molecular complexity index is 1610. The van der Waals surface area contributed by atoms with Gasteiger partial charge in [-0.3, -0.25) is 14.9 Å². The van der Waals surface area contributed by atoms with E-state index in [0.29, 0.717) is 27.9 Å². The number of nitrogens with one attached hydrogen (secondary N) is 1. The minimum atomic E-state index is -4.52. The van der Waals surface area contributed by atoms with Crippen LogP contribution in [0.2, 0.25) is 0 Å². The smallest absolute Gasteiger partial charge is 0.333 e. The Morgan fingerprint density at radius 2 is 1.40 bits per heavy atom. The number of hydrogen-bond donors (Lipinski definition) is 1. The molecule has 2 aromatic heterocycles. The predicted molar refractivity (Wildman–Crippen MR) is 124 cm³/mol. The van der Waals surface area contributed by atoms with Gasteiger partial charge in [0.25, 0.3) is 0 Å². The third-order valence-electron chi connectivity index (χ3n) is 5.55. The lowest BCUT2D eigenvalue weighted by atomic mass is 10.00. The zero-order valence-electron chi connectivity index (χ0n) is 17.8. The number of nitro groups is 1. The maximum Gasteiger partial charge on any atom is 0.416 e. The number of hydrogen-bond acceptors (Lipinski definition) is 4. The number of rotatable bonds is 4. The van der Waals surface area contributed by atoms with E-state index < -0.39 is 27.9 Å². The van der Waals surface area contributed by atoms with Crippen LogP contribution in [0.15, 0.2) is 89.7 Å². The standard InChI is InChI=1S/C25H15F3N4O3/c26-25(27,28)18-13-11-15(12-14-18)19-20(16-7-3-1-4-8-16)30-31-23(19)29-21(17-9-5-2-6-10-17)22(24(31)33)32(34)35/h1-14,29H. The largest absolute Gasteiger partial charge is 0.416 e. The summed E-state index contributed by atoms with van der Waals surface area (Å²) in [6.45, 7) is 0. The molecule has 0 aliphatic rings. The molecule has 0 radical (unpaired) electrons. The quantitative estimate of drug-likeness (QED) is 0.256. The summed E-state index contributed by atoms with van der Waals surface area (Å²) in [6.07, 6.45) is -4.52. The number of benzene rings is 3. The maximum atomic E-state index is 13.3. The van der Waals surface area contributed by atoms with Crippen LogP contribution in [-0.2, 0) is 6.18 Å². The molecule has 0 spiro atoms. The molecular weight excluding hydrogens is 461 g/mol. The molecule has 0 amide bonds. The van der Waals surface area contributed by atoms with E-state index in [-0.39, 0.29) is 11.3 Å². The normalized spacial score (nSPS) is 11.6. The lowest BCUT2D eigenvalue weighted by molar-refractivity contribution is -0.385. The second-order valence-electron chi connectivity index (χ2n) is 7.70. The topological polar surface area (TPSA) is 93.3 Å². The summed E-state index contributed by atoms with van der Waals surface area (Å²) in [5.41, 5.74) is -0.403. The van der Waals surface area contributed by atoms with Crippen LogP contribution in [0.5, 0.6) is 0 Å². The second kappa shape index (κ2) is 8.24. The van der Waals surface area contributed by atoms with E-state index in [2.05, 4.69) is 10.1 Å². The van der Waals surface area contributed by atoms with E-state index in [1.165, 1.54) is 12.1 Å². The average molecular weight is 476 g/mol. The molecule has 5 rings (SSSR count). The SMILES string of the molecule is O=c1c([N+](=O)[O-])c(-c2ccccc2)[nH]c2c(-c3ccc(C(F)(F)F)cc3)c(-c3ccccc3)nn12. The van der Waals surface area contributed by atoms with Gasteiger partial charge in [0.1, 0.15) is 17.0 Å². The first-order chi connectivity index (χ1) is 16.8. The highest BCUT2D eigenvalue weighted by molar-refractivity contribution is 5.91. The van der Waals surface area contributed by atoms with Gasteiger partial charge < -0.3 is 4.98 Å². The molecule has 0 unspecified atom stereocenters. The fourth-order valence-electron chi connectivity index (χ4n) is 3.95. The molecule has 0 atom stereocenters. The number of nitrogens with zero attached hydrogens (tertiary/aromatic N) is 3. The summed E-state index contributed by atoms with van der Waals surface area (Å²) >= 11 is 0. The third-order valence-corrected chi connectivity index (χ3v) is 5.55. The Kier molecular flexibility index (Phi) is 5.20. The van der Waals surface area contributed by atoms with Gasteiger partial charge in [0.05, 0.1) is 16.1 Å². The van der Waals surface area contributed by atoms with Crippen molar-refractivity contribution < 1.29 is 18.1 Å². The Labute approximate surface area is 195 Å². The van der Waals surface area contributed by atoms with Crippen LogP contribution in [0, 0.1) is 10.1 Å². The number of H-pyrrole nitrogens is 1. The van der Waals surface area contributed by atoms with Crippen LogP contribution in [0.1, 0.15) is 5.56 Å². The molecule has 5 aromatic rings. The molecule has 0 aliphatic carbocycles. The fourth-order valence-corrected chi connectivity index (χ4v) is 3.95. The van der Waals surface area contributed by atoms with Crippen LogP contribution < -0.4 is 5.56 Å². The van der Waals surface area contributed by atoms with Gasteiger partial charge in [-0.1, -0.05) is 72.8 Å². The van der Waals surface area contributed by atoms with Gasteiger partial charge in [-0.2, -0.15) is 22.8 Å². The third kappa shape index (κ3) is 3.84. The first kappa shape index (κ1) is 22.1. The van der Waals surface area contributed by atoms with E-state index in [0.717, 1.165) is 16.6 Å². The lowest BCUT2D eigenvalue weighted by Crippen LogP contribution is -2.20. The predicted octanol–water partition coefficient (Wildman–Crippen LogP) is 5.95. The molecule has 7 nitrogen and oxygen atoms in total. The molecule has 0 saturated heterocycles. The van der Waals surface area contributed by atoms with Crippen molar-refractivity contribution in [3.63, 3.8) is 0 Å². The van der Waals surface area contributed by atoms with Crippen LogP contribution in [0.4, 0.5) is 18.9 Å². The molecule has 0 bridgehead atoms. The summed E-state index contributed by atoms with van der Waals surface area (Å²) in [5, 5.41) is 16.2. The van der Waals surface area contributed by atoms with Crippen LogP contribution in [-0.4, -0.2) is 19.5 Å². The minimum Gasteiger partial charge on any atom is -0.333 e. The van der Waals surface area contributed by atoms with Crippen molar-refractivity contribution >= 4 is 11.3 Å². The minimum absolute atomic E-state index is 0.0271. The number of halogens is 3. The summed E-state index contributed by atoms with van der Waals surface area (Å²) in [4.78, 5) is 27.3. The Morgan fingerprint density at radius 1 is 0.829 bits per heavy atom. The van der Waals surface area contributed by atoms with E-state index in [1.807, 2.05) is 0 Å². The van der Waals surface area contributed by atoms with Crippen LogP contribution in [0.3, 0.4) is 0 Å². The average Bonchev–Trinajstić information content (AvgIpc) is 3.24. The monoisotopic (exact) mass is 476 g/mol. The molecule has 0 fully saturated rings. The van der Waals surface area contributed by atoms with Gasteiger partial charge in [0.15, 0.2) is 0 Å². The Hall–Kier alpha value is -4.73. The van der Waals surface area contributed by atoms with Gasteiger partial charge in [0, 0.05) is 11.1 Å². The first-order valence-corrected chi connectivity index (χ1v) is 10.4. The summed E-state index contributed by atoms with van der Waals surface area (Å²) in [7, 11) is 0. The molecule has 1 N–H and O–H groups in total. The molecular formula is C25H15F3N4O3. The summed E-state index contributed by atoms with van der Waals surface area (Å²) in [5.74, 6) is 0. The zero-order valence-corrected chi connectivity index (χ0v) is 17.8. The highest BCUT2D eigenvalue weighted by Crippen LogP contribution is 2.37. The number of alkyl halides is 3. The van der Waals surface area contributed by atoms with Crippen molar-refractivity contribution in [2.75, 3.05) is 0 Å². The zero-order chi connectivity index (χ0) is 24.7. The van der Waals surface area contributed by atoms with Crippen molar-refractivity contribution in [2.45, 2.75) is 6.18 Å². The van der Waals surface area contributed by atoms with E-state index in [9.17, 15) is 28.1 Å². The van der Waals surface area contributed by atoms with Crippen LogP contribution >= 0.6 is 0 Å². The summed E-state index contributed by atoms with van der Waals surface area (Å²) < 4.78 is 40.3. The fraction of sp³-hybridized carbons (Fsp3) is 0.0400. The molecule has 35 heavy (non-hydrogen) atoms. The number of aromatic amines is 1. The maximum absolute atomic E-state index is 13.3. The summed E-state index contributed by atoms with van der Waals surface area (Å²) in [6, 6.07) is 21.5. The van der Waals surface area contributed by atoms with Gasteiger partial charge >= 0.3 is 17.4 Å². The lowest BCUT2D eigenvalue weighted by Gasteiger charge is -2.09. The van der Waals surface area contributed by atoms with Crippen molar-refractivity contribution in [1.29, 1.82) is 0 Å². The van der Waals surface area contributed by atoms with Gasteiger partial charge in [0.2, 0.25) is 0 Å². The highest BCUT2D eigenvalue weighted by Gasteiger charge is 2.31. The number of aromatic nitrogens is 3. The van der Waals surface area contributed by atoms with Gasteiger partial charge in [-0.05, 0) is 17.7 Å². The van der Waals surface area contributed by atoms with E-state index in [4.69, 9.17) is 0 Å². The molecule has 174 valence electrons. The van der Waals surface area contributed by atoms with Crippen molar-refractivity contribution in [3.8, 4) is 33.6 Å². The Balaban J connectivity index is 1.88. The molecule has 2 heterocycles. The van der Waals surface area contributed by atoms with E-state index >= 15 is 0 Å². The first-order valence-electron chi connectivity index (χ1n) is 10.4. The molecule has 10 heteroatoms. The highest BCUT2D eigenvalue weighted by atomic mass is 19.4. The van der Waals surface area contributed by atoms with Crippen molar-refractivity contribution in [2.24, 2.45) is 0 Å². The van der Waals surface area contributed by atoms with Gasteiger partial charge in [-0.15, -0.1) is 0 Å². The van der Waals surface area contributed by atoms with Crippen molar-refractivity contribution in [1.82, 2.24) is 14.6 Å². The second-order valence-corrected chi connectivity index (χ2v) is 7.70. The molecule has 0 saturated carbocycles. The van der Waals surface area contributed by atoms with E-state index in [1.54, 1.807) is 60.7 Å². The van der Waals surface area contributed by atoms with Crippen LogP contribution in [0.25, 0.3) is 39.3 Å². The molecule has 0 aliphatic heterocycles. The van der Waals surface area contributed by atoms with Crippen molar-refractivity contribution in [3.05, 3.63) is 111 Å². The number of fused-ring (bicyclic) bond motifs is 1. The van der Waals surface area contributed by atoms with Gasteiger partial charge in [-0.25, -0.2) is 0 Å². The Morgan fingerprint density at radius 3 is 1.94 bits per heavy atom.